The molecule has 4 rings (SSSR count). The van der Waals surface area contributed by atoms with Gasteiger partial charge in [0.05, 0.1) is 0 Å². The zero-order valence-electron chi connectivity index (χ0n) is 17.2. The van der Waals surface area contributed by atoms with E-state index in [4.69, 9.17) is 0 Å². The van der Waals surface area contributed by atoms with E-state index < -0.39 is 0 Å². The highest BCUT2D eigenvalue weighted by atomic mass is 32.1. The van der Waals surface area contributed by atoms with Crippen molar-refractivity contribution in [3.05, 3.63) is 58.4 Å². The average molecular weight is 410 g/mol. The van der Waals surface area contributed by atoms with Crippen LogP contribution in [0.1, 0.15) is 46.5 Å². The van der Waals surface area contributed by atoms with Gasteiger partial charge >= 0.3 is 0 Å². The SMILES string of the molecule is Cc1c(C(=O)N2CCN(C/C=C/c3ccccc3)CC2)sc2nnc(C(C)C)n12. The van der Waals surface area contributed by atoms with Gasteiger partial charge in [-0.2, -0.15) is 0 Å². The number of carbonyl (C=O) groups is 1. The van der Waals surface area contributed by atoms with Gasteiger partial charge in [0, 0.05) is 44.3 Å². The molecular weight excluding hydrogens is 382 g/mol. The average Bonchev–Trinajstić information content (AvgIpc) is 3.29. The van der Waals surface area contributed by atoms with Crippen LogP contribution in [-0.2, 0) is 0 Å². The van der Waals surface area contributed by atoms with Crippen molar-refractivity contribution >= 4 is 28.3 Å². The van der Waals surface area contributed by atoms with Crippen LogP contribution in [0.4, 0.5) is 0 Å². The Hall–Kier alpha value is -2.51. The van der Waals surface area contributed by atoms with Gasteiger partial charge in [0.1, 0.15) is 10.7 Å². The van der Waals surface area contributed by atoms with E-state index in [9.17, 15) is 4.79 Å². The molecule has 0 N–H and O–H groups in total. The zero-order valence-corrected chi connectivity index (χ0v) is 18.0. The molecule has 1 aliphatic rings. The summed E-state index contributed by atoms with van der Waals surface area (Å²) in [6, 6.07) is 10.3. The lowest BCUT2D eigenvalue weighted by atomic mass is 10.2. The zero-order chi connectivity index (χ0) is 20.4. The first-order valence-corrected chi connectivity index (χ1v) is 10.9. The van der Waals surface area contributed by atoms with E-state index in [0.717, 1.165) is 54.1 Å². The number of thiazole rings is 1. The first kappa shape index (κ1) is 19.8. The molecule has 29 heavy (non-hydrogen) atoms. The monoisotopic (exact) mass is 409 g/mol. The Labute approximate surface area is 175 Å². The van der Waals surface area contributed by atoms with Crippen LogP contribution in [-0.4, -0.2) is 63.0 Å². The Balaban J connectivity index is 1.37. The van der Waals surface area contributed by atoms with E-state index in [-0.39, 0.29) is 11.8 Å². The smallest absolute Gasteiger partial charge is 0.265 e. The molecule has 0 bridgehead atoms. The third-order valence-electron chi connectivity index (χ3n) is 5.36. The molecule has 3 aromatic rings. The van der Waals surface area contributed by atoms with Crippen molar-refractivity contribution in [2.75, 3.05) is 32.7 Å². The second-order valence-electron chi connectivity index (χ2n) is 7.75. The number of rotatable bonds is 5. The number of fused-ring (bicyclic) bond motifs is 1. The van der Waals surface area contributed by atoms with Gasteiger partial charge in [-0.15, -0.1) is 10.2 Å². The van der Waals surface area contributed by atoms with E-state index in [1.807, 2.05) is 34.4 Å². The molecule has 1 saturated heterocycles. The quantitative estimate of drug-likeness (QED) is 0.645. The molecule has 0 atom stereocenters. The normalized spacial score (nSPS) is 15.8. The van der Waals surface area contributed by atoms with Gasteiger partial charge in [-0.05, 0) is 12.5 Å². The molecule has 3 heterocycles. The second-order valence-corrected chi connectivity index (χ2v) is 8.73. The predicted molar refractivity (Wildman–Crippen MR) is 118 cm³/mol. The fourth-order valence-electron chi connectivity index (χ4n) is 3.68. The standard InChI is InChI=1S/C22H27N5OS/c1-16(2)20-23-24-22-27(20)17(3)19(29-22)21(28)26-14-12-25(13-15-26)11-7-10-18-8-5-4-6-9-18/h4-10,16H,11-15H2,1-3H3/b10-7+. The lowest BCUT2D eigenvalue weighted by Gasteiger charge is -2.34. The maximum atomic E-state index is 13.1. The number of hydrogen-bond acceptors (Lipinski definition) is 5. The molecule has 0 spiro atoms. The maximum absolute atomic E-state index is 13.1. The van der Waals surface area contributed by atoms with Crippen molar-refractivity contribution in [3.8, 4) is 0 Å². The largest absolute Gasteiger partial charge is 0.335 e. The van der Waals surface area contributed by atoms with E-state index in [0.29, 0.717) is 0 Å². The number of aromatic nitrogens is 3. The number of benzene rings is 1. The van der Waals surface area contributed by atoms with Gasteiger partial charge < -0.3 is 4.90 Å². The highest BCUT2D eigenvalue weighted by Crippen LogP contribution is 2.27. The Morgan fingerprint density at radius 2 is 1.86 bits per heavy atom. The third-order valence-corrected chi connectivity index (χ3v) is 6.48. The van der Waals surface area contributed by atoms with Crippen molar-refractivity contribution in [3.63, 3.8) is 0 Å². The van der Waals surface area contributed by atoms with Crippen LogP contribution in [0.2, 0.25) is 0 Å². The van der Waals surface area contributed by atoms with Gasteiger partial charge in [0.25, 0.3) is 5.91 Å². The summed E-state index contributed by atoms with van der Waals surface area (Å²) in [6.07, 6.45) is 4.36. The molecular formula is C22H27N5OS. The van der Waals surface area contributed by atoms with Crippen LogP contribution in [0.3, 0.4) is 0 Å². The number of piperazine rings is 1. The van der Waals surface area contributed by atoms with Crippen LogP contribution in [0.25, 0.3) is 11.0 Å². The molecule has 0 radical (unpaired) electrons. The first-order chi connectivity index (χ1) is 14.0. The topological polar surface area (TPSA) is 53.7 Å². The highest BCUT2D eigenvalue weighted by Gasteiger charge is 2.27. The molecule has 0 aliphatic carbocycles. The summed E-state index contributed by atoms with van der Waals surface area (Å²) in [5, 5.41) is 8.54. The van der Waals surface area contributed by atoms with Crippen molar-refractivity contribution < 1.29 is 4.79 Å². The maximum Gasteiger partial charge on any atom is 0.265 e. The van der Waals surface area contributed by atoms with Gasteiger partial charge in [-0.25, -0.2) is 0 Å². The van der Waals surface area contributed by atoms with Crippen molar-refractivity contribution in [1.82, 2.24) is 24.4 Å². The van der Waals surface area contributed by atoms with Crippen LogP contribution >= 0.6 is 11.3 Å². The molecule has 6 nitrogen and oxygen atoms in total. The fourth-order valence-corrected chi connectivity index (χ4v) is 4.72. The molecule has 1 fully saturated rings. The summed E-state index contributed by atoms with van der Waals surface area (Å²) < 4.78 is 2.03. The van der Waals surface area contributed by atoms with E-state index in [1.54, 1.807) is 0 Å². The van der Waals surface area contributed by atoms with Crippen molar-refractivity contribution in [2.24, 2.45) is 0 Å². The summed E-state index contributed by atoms with van der Waals surface area (Å²) in [4.78, 5) is 19.1. The predicted octanol–water partition coefficient (Wildman–Crippen LogP) is 3.69. The Bertz CT molecular complexity index is 1010. The number of hydrogen-bond donors (Lipinski definition) is 0. The number of amides is 1. The van der Waals surface area contributed by atoms with E-state index in [2.05, 4.69) is 53.2 Å². The molecule has 7 heteroatoms. The minimum Gasteiger partial charge on any atom is -0.335 e. The molecule has 0 saturated carbocycles. The summed E-state index contributed by atoms with van der Waals surface area (Å²) in [5.74, 6) is 1.31. The molecule has 1 aromatic carbocycles. The van der Waals surface area contributed by atoms with E-state index >= 15 is 0 Å². The first-order valence-electron chi connectivity index (χ1n) is 10.1. The lowest BCUT2D eigenvalue weighted by molar-refractivity contribution is 0.0654. The molecule has 1 amide bonds. The number of aryl methyl sites for hydroxylation is 1. The lowest BCUT2D eigenvalue weighted by Crippen LogP contribution is -2.48. The van der Waals surface area contributed by atoms with Crippen LogP contribution in [0, 0.1) is 6.92 Å². The van der Waals surface area contributed by atoms with Crippen LogP contribution in [0.5, 0.6) is 0 Å². The molecule has 152 valence electrons. The van der Waals surface area contributed by atoms with Crippen LogP contribution < -0.4 is 0 Å². The van der Waals surface area contributed by atoms with Gasteiger partial charge in [0.15, 0.2) is 0 Å². The molecule has 1 aliphatic heterocycles. The van der Waals surface area contributed by atoms with Gasteiger partial charge in [0.2, 0.25) is 4.96 Å². The van der Waals surface area contributed by atoms with Gasteiger partial charge in [-0.3, -0.25) is 14.1 Å². The van der Waals surface area contributed by atoms with Crippen molar-refractivity contribution in [2.45, 2.75) is 26.7 Å². The molecule has 0 unspecified atom stereocenters. The highest BCUT2D eigenvalue weighted by molar-refractivity contribution is 7.19. The summed E-state index contributed by atoms with van der Waals surface area (Å²) in [7, 11) is 0. The summed E-state index contributed by atoms with van der Waals surface area (Å²) in [5.41, 5.74) is 2.17. The van der Waals surface area contributed by atoms with Crippen LogP contribution in [0.15, 0.2) is 36.4 Å². The second kappa shape index (κ2) is 8.47. The number of nitrogens with zero attached hydrogens (tertiary/aromatic N) is 5. The summed E-state index contributed by atoms with van der Waals surface area (Å²) in [6.45, 7) is 10.4. The minimum absolute atomic E-state index is 0.118. The number of carbonyl (C=O) groups excluding carboxylic acids is 1. The summed E-state index contributed by atoms with van der Waals surface area (Å²) >= 11 is 1.45. The Morgan fingerprint density at radius 1 is 1.14 bits per heavy atom. The van der Waals surface area contributed by atoms with E-state index in [1.165, 1.54) is 16.9 Å². The molecule has 2 aromatic heterocycles. The fraction of sp³-hybridized carbons (Fsp3) is 0.409. The third kappa shape index (κ3) is 4.11. The van der Waals surface area contributed by atoms with Crippen molar-refractivity contribution in [1.29, 1.82) is 0 Å². The van der Waals surface area contributed by atoms with Gasteiger partial charge in [-0.1, -0.05) is 67.7 Å². The minimum atomic E-state index is 0.118. The Morgan fingerprint density at radius 3 is 2.55 bits per heavy atom. The Kier molecular flexibility index (Phi) is 5.78.